The van der Waals surface area contributed by atoms with Gasteiger partial charge in [-0.2, -0.15) is 0 Å². The van der Waals surface area contributed by atoms with Gasteiger partial charge in [0.25, 0.3) is 11.8 Å². The topological polar surface area (TPSA) is 70.7 Å². The molecule has 2 spiro atoms. The Bertz CT molecular complexity index is 1040. The van der Waals surface area contributed by atoms with E-state index in [-0.39, 0.29) is 17.4 Å². The van der Waals surface area contributed by atoms with Crippen LogP contribution in [0.15, 0.2) is 42.5 Å². The molecule has 1 unspecified atom stereocenters. The molecule has 5 rings (SSSR count). The smallest absolute Gasteiger partial charge is 0.256 e. The number of halogens is 2. The summed E-state index contributed by atoms with van der Waals surface area (Å²) in [5.74, 6) is -0.989. The van der Waals surface area contributed by atoms with E-state index in [1.165, 1.54) is 12.1 Å². The molecule has 2 amide bonds. The molecule has 1 atom stereocenters. The molecular formula is C22H21ClFN3O3. The lowest BCUT2D eigenvalue weighted by Crippen LogP contribution is -2.59. The van der Waals surface area contributed by atoms with Gasteiger partial charge in [-0.15, -0.1) is 0 Å². The zero-order valence-corrected chi connectivity index (χ0v) is 17.0. The van der Waals surface area contributed by atoms with E-state index in [0.717, 1.165) is 5.69 Å². The van der Waals surface area contributed by atoms with E-state index in [2.05, 4.69) is 10.6 Å². The molecule has 0 bridgehead atoms. The molecule has 0 radical (unpaired) electrons. The minimum Gasteiger partial charge on any atom is -0.370 e. The van der Waals surface area contributed by atoms with Crippen LogP contribution in [-0.4, -0.2) is 47.7 Å². The Balaban J connectivity index is 1.29. The number of hydrogen-bond acceptors (Lipinski definition) is 4. The third-order valence-electron chi connectivity index (χ3n) is 6.27. The van der Waals surface area contributed by atoms with Gasteiger partial charge in [0.05, 0.1) is 23.3 Å². The zero-order chi connectivity index (χ0) is 20.9. The fraction of sp³-hybridized carbons (Fsp3) is 0.364. The lowest BCUT2D eigenvalue weighted by molar-refractivity contribution is -0.0393. The first-order chi connectivity index (χ1) is 14.4. The fourth-order valence-corrected chi connectivity index (χ4v) is 4.89. The van der Waals surface area contributed by atoms with Crippen LogP contribution in [0.1, 0.15) is 40.0 Å². The summed E-state index contributed by atoms with van der Waals surface area (Å²) in [5.41, 5.74) is 0.218. The number of hydrogen-bond donors (Lipinski definition) is 2. The average Bonchev–Trinajstić information content (AvgIpc) is 3.06. The number of benzene rings is 2. The average molecular weight is 430 g/mol. The van der Waals surface area contributed by atoms with E-state index < -0.39 is 17.1 Å². The third-order valence-corrected chi connectivity index (χ3v) is 6.50. The van der Waals surface area contributed by atoms with Gasteiger partial charge >= 0.3 is 0 Å². The molecule has 0 saturated carbocycles. The summed E-state index contributed by atoms with van der Waals surface area (Å²) in [6.45, 7) is 1.29. The molecule has 0 aromatic heterocycles. The molecule has 3 aliphatic heterocycles. The molecule has 3 heterocycles. The molecule has 2 fully saturated rings. The van der Waals surface area contributed by atoms with Gasteiger partial charge < -0.3 is 20.3 Å². The lowest BCUT2D eigenvalue weighted by atomic mass is 9.84. The second-order valence-electron chi connectivity index (χ2n) is 8.27. The molecule has 2 aromatic rings. The van der Waals surface area contributed by atoms with Gasteiger partial charge in [0, 0.05) is 30.2 Å². The fourth-order valence-electron chi connectivity index (χ4n) is 4.72. The van der Waals surface area contributed by atoms with Gasteiger partial charge in [-0.25, -0.2) is 4.39 Å². The summed E-state index contributed by atoms with van der Waals surface area (Å²) in [6.07, 6.45) is 1.84. The van der Waals surface area contributed by atoms with E-state index in [4.69, 9.17) is 16.3 Å². The van der Waals surface area contributed by atoms with Crippen molar-refractivity contribution in [3.05, 3.63) is 64.4 Å². The number of carbonyl (C=O) groups excluding carboxylic acids is 2. The number of ether oxygens (including phenoxy) is 1. The largest absolute Gasteiger partial charge is 0.370 e. The van der Waals surface area contributed by atoms with E-state index in [0.29, 0.717) is 49.5 Å². The highest BCUT2D eigenvalue weighted by molar-refractivity contribution is 6.31. The van der Waals surface area contributed by atoms with Crippen LogP contribution in [0.2, 0.25) is 5.02 Å². The molecular weight excluding hydrogens is 409 g/mol. The molecule has 2 saturated heterocycles. The van der Waals surface area contributed by atoms with Gasteiger partial charge in [-0.3, -0.25) is 9.59 Å². The first kappa shape index (κ1) is 19.3. The van der Waals surface area contributed by atoms with Gasteiger partial charge in [-0.05, 0) is 43.2 Å². The number of piperidine rings is 1. The van der Waals surface area contributed by atoms with Crippen LogP contribution in [0.25, 0.3) is 0 Å². The Labute approximate surface area is 178 Å². The van der Waals surface area contributed by atoms with Gasteiger partial charge in [0.15, 0.2) is 0 Å². The SMILES string of the molecule is O=C1NC2(COC3(CCN(C(=O)c4ccccc4F)CC3)C2)Nc2ccc(Cl)cc21. The predicted octanol–water partition coefficient (Wildman–Crippen LogP) is 3.43. The van der Waals surface area contributed by atoms with Gasteiger partial charge in [0.2, 0.25) is 0 Å². The summed E-state index contributed by atoms with van der Waals surface area (Å²) in [4.78, 5) is 27.0. The van der Waals surface area contributed by atoms with Crippen LogP contribution in [0.3, 0.4) is 0 Å². The quantitative estimate of drug-likeness (QED) is 0.728. The predicted molar refractivity (Wildman–Crippen MR) is 110 cm³/mol. The van der Waals surface area contributed by atoms with Crippen molar-refractivity contribution in [3.63, 3.8) is 0 Å². The Morgan fingerprint density at radius 2 is 1.90 bits per heavy atom. The maximum atomic E-state index is 14.0. The van der Waals surface area contributed by atoms with Crippen molar-refractivity contribution < 1.29 is 18.7 Å². The summed E-state index contributed by atoms with van der Waals surface area (Å²) >= 11 is 6.01. The second kappa shape index (κ2) is 6.96. The van der Waals surface area contributed by atoms with Crippen LogP contribution < -0.4 is 10.6 Å². The molecule has 8 heteroatoms. The standard InChI is InChI=1S/C22H21ClFN3O3/c23-14-5-6-18-16(11-14)19(28)26-22(25-18)12-21(30-13-22)7-9-27(10-8-21)20(29)15-3-1-2-4-17(15)24/h1-6,11,25H,7-10,12-13H2,(H,26,28). The van der Waals surface area contributed by atoms with E-state index in [9.17, 15) is 14.0 Å². The van der Waals surface area contributed by atoms with Crippen LogP contribution in [0, 0.1) is 5.82 Å². The summed E-state index contributed by atoms with van der Waals surface area (Å²) in [6, 6.07) is 11.2. The van der Waals surface area contributed by atoms with E-state index in [1.807, 2.05) is 0 Å². The number of amides is 2. The zero-order valence-electron chi connectivity index (χ0n) is 16.2. The Morgan fingerprint density at radius 1 is 1.13 bits per heavy atom. The Kier molecular flexibility index (Phi) is 4.48. The highest BCUT2D eigenvalue weighted by atomic mass is 35.5. The molecule has 30 heavy (non-hydrogen) atoms. The van der Waals surface area contributed by atoms with Crippen LogP contribution in [0.5, 0.6) is 0 Å². The van der Waals surface area contributed by atoms with Crippen molar-refractivity contribution in [1.82, 2.24) is 10.2 Å². The summed E-state index contributed by atoms with van der Waals surface area (Å²) < 4.78 is 20.2. The number of rotatable bonds is 1. The van der Waals surface area contributed by atoms with Crippen molar-refractivity contribution in [2.45, 2.75) is 30.5 Å². The van der Waals surface area contributed by atoms with Crippen molar-refractivity contribution in [3.8, 4) is 0 Å². The number of nitrogens with zero attached hydrogens (tertiary/aromatic N) is 1. The molecule has 3 aliphatic rings. The van der Waals surface area contributed by atoms with Crippen LogP contribution in [0.4, 0.5) is 10.1 Å². The monoisotopic (exact) mass is 429 g/mol. The van der Waals surface area contributed by atoms with Crippen molar-refractivity contribution in [2.24, 2.45) is 0 Å². The van der Waals surface area contributed by atoms with Crippen molar-refractivity contribution >= 4 is 29.1 Å². The number of likely N-dealkylation sites (tertiary alicyclic amines) is 1. The Hall–Kier alpha value is -2.64. The highest BCUT2D eigenvalue weighted by Gasteiger charge is 2.53. The maximum absolute atomic E-state index is 14.0. The van der Waals surface area contributed by atoms with E-state index in [1.54, 1.807) is 35.2 Å². The number of carbonyl (C=O) groups is 2. The number of anilines is 1. The molecule has 0 aliphatic carbocycles. The molecule has 6 nitrogen and oxygen atoms in total. The van der Waals surface area contributed by atoms with Gasteiger partial charge in [-0.1, -0.05) is 23.7 Å². The highest BCUT2D eigenvalue weighted by Crippen LogP contribution is 2.43. The van der Waals surface area contributed by atoms with E-state index >= 15 is 0 Å². The second-order valence-corrected chi connectivity index (χ2v) is 8.71. The number of fused-ring (bicyclic) bond motifs is 1. The lowest BCUT2D eigenvalue weighted by Gasteiger charge is -2.41. The molecule has 156 valence electrons. The normalized spacial score (nSPS) is 24.5. The summed E-state index contributed by atoms with van der Waals surface area (Å²) in [7, 11) is 0. The first-order valence-corrected chi connectivity index (χ1v) is 10.3. The minimum atomic E-state index is -0.685. The van der Waals surface area contributed by atoms with Crippen LogP contribution >= 0.6 is 11.6 Å². The van der Waals surface area contributed by atoms with Crippen molar-refractivity contribution in [1.29, 1.82) is 0 Å². The molecule has 2 N–H and O–H groups in total. The van der Waals surface area contributed by atoms with Gasteiger partial charge in [0.1, 0.15) is 11.5 Å². The third kappa shape index (κ3) is 3.22. The minimum absolute atomic E-state index is 0.0914. The Morgan fingerprint density at radius 3 is 2.67 bits per heavy atom. The van der Waals surface area contributed by atoms with Crippen molar-refractivity contribution in [2.75, 3.05) is 25.0 Å². The number of nitrogens with one attached hydrogen (secondary N) is 2. The van der Waals surface area contributed by atoms with Crippen LogP contribution in [-0.2, 0) is 4.74 Å². The summed E-state index contributed by atoms with van der Waals surface area (Å²) in [5, 5.41) is 6.98. The maximum Gasteiger partial charge on any atom is 0.256 e. The molecule has 2 aromatic carbocycles. The first-order valence-electron chi connectivity index (χ1n) is 9.97.